The van der Waals surface area contributed by atoms with Gasteiger partial charge in [0.2, 0.25) is 11.8 Å². The van der Waals surface area contributed by atoms with Crippen LogP contribution >= 0.6 is 0 Å². The molecule has 26 heteroatoms. The van der Waals surface area contributed by atoms with Crippen molar-refractivity contribution in [3.05, 3.63) is 104 Å². The van der Waals surface area contributed by atoms with E-state index < -0.39 is 94.1 Å². The van der Waals surface area contributed by atoms with Gasteiger partial charge in [0.25, 0.3) is 10.2 Å². The predicted octanol–water partition coefficient (Wildman–Crippen LogP) is 1.16. The lowest BCUT2D eigenvalue weighted by Gasteiger charge is -2.28. The highest BCUT2D eigenvalue weighted by Gasteiger charge is 2.40. The van der Waals surface area contributed by atoms with E-state index in [0.717, 1.165) is 11.1 Å². The van der Waals surface area contributed by atoms with E-state index in [9.17, 15) is 58.6 Å². The summed E-state index contributed by atoms with van der Waals surface area (Å²) in [6, 6.07) is 12.1. The molecule has 2 aliphatic heterocycles. The van der Waals surface area contributed by atoms with Crippen LogP contribution in [0.15, 0.2) is 72.8 Å². The lowest BCUT2D eigenvalue weighted by atomic mass is 10.0. The third-order valence-corrected chi connectivity index (χ3v) is 11.5. The highest BCUT2D eigenvalue weighted by molar-refractivity contribution is 6.01. The van der Waals surface area contributed by atoms with Crippen molar-refractivity contribution in [1.29, 1.82) is 0 Å². The van der Waals surface area contributed by atoms with Crippen molar-refractivity contribution in [3.8, 4) is 0 Å². The molecule has 74 heavy (non-hydrogen) atoms. The first kappa shape index (κ1) is 59.1. The Bertz CT molecular complexity index is 2080. The number of hydrogen-bond acceptors (Lipinski definition) is 22. The van der Waals surface area contributed by atoms with Gasteiger partial charge in [-0.2, -0.15) is 0 Å². The van der Waals surface area contributed by atoms with E-state index in [1.54, 1.807) is 0 Å². The molecule has 0 spiro atoms. The van der Waals surface area contributed by atoms with Crippen molar-refractivity contribution in [1.82, 2.24) is 20.4 Å². The number of nitrogens with one attached hydrogen (secondary N) is 2. The van der Waals surface area contributed by atoms with Crippen LogP contribution in [0.5, 0.6) is 0 Å². The first-order valence-electron chi connectivity index (χ1n) is 24.0. The third kappa shape index (κ3) is 21.0. The zero-order valence-corrected chi connectivity index (χ0v) is 41.1. The Balaban J connectivity index is 1.27. The molecule has 0 bridgehead atoms. The highest BCUT2D eigenvalue weighted by atomic mass is 17.0. The van der Waals surface area contributed by atoms with Gasteiger partial charge in [0.05, 0.1) is 38.5 Å². The van der Waals surface area contributed by atoms with E-state index in [4.69, 9.17) is 28.4 Å². The van der Waals surface area contributed by atoms with Gasteiger partial charge < -0.3 is 47.9 Å². The summed E-state index contributed by atoms with van der Waals surface area (Å²) in [4.78, 5) is 137. The topological polar surface area (TPSA) is 327 Å². The Hall–Kier alpha value is -7.42. The van der Waals surface area contributed by atoms with E-state index in [-0.39, 0.29) is 91.6 Å². The minimum absolute atomic E-state index is 0.0739. The largest absolute Gasteiger partial charge is 0.462 e. The molecule has 6 atom stereocenters. The maximum atomic E-state index is 13.7. The van der Waals surface area contributed by atoms with E-state index in [1.165, 1.54) is 23.6 Å². The van der Waals surface area contributed by atoms with Crippen molar-refractivity contribution in [2.75, 3.05) is 65.9 Å². The number of hydrogen-bond donors (Lipinski definition) is 2. The number of nitrogens with zero attached hydrogens (tertiary/aromatic N) is 4. The van der Waals surface area contributed by atoms with E-state index in [2.05, 4.69) is 20.3 Å². The number of carbonyl (C=O) groups is 8. The number of likely N-dealkylation sites (tertiary alicyclic amines) is 2. The molecular formula is C48H62N6O20. The van der Waals surface area contributed by atoms with Crippen LogP contribution in [0.3, 0.4) is 0 Å². The van der Waals surface area contributed by atoms with Gasteiger partial charge in [0.15, 0.2) is 0 Å². The molecule has 0 unspecified atom stereocenters. The molecule has 0 aromatic heterocycles. The summed E-state index contributed by atoms with van der Waals surface area (Å²) in [5, 5.41) is 24.6. The fourth-order valence-corrected chi connectivity index (χ4v) is 7.93. The van der Waals surface area contributed by atoms with Gasteiger partial charge in [-0.15, -0.1) is 20.2 Å². The first-order chi connectivity index (χ1) is 35.5. The Kier molecular flexibility index (Phi) is 25.5. The average Bonchev–Trinajstić information content (AvgIpc) is 4.09. The quantitative estimate of drug-likeness (QED) is 0.0197. The molecule has 0 aliphatic carbocycles. The number of esters is 6. The van der Waals surface area contributed by atoms with Crippen LogP contribution in [0.25, 0.3) is 0 Å². The molecule has 2 fully saturated rings. The van der Waals surface area contributed by atoms with Gasteiger partial charge in [0.1, 0.15) is 50.6 Å². The van der Waals surface area contributed by atoms with Crippen molar-refractivity contribution in [3.63, 3.8) is 0 Å². The molecule has 0 radical (unpaired) electrons. The lowest BCUT2D eigenvalue weighted by Crippen LogP contribution is -2.53. The summed E-state index contributed by atoms with van der Waals surface area (Å²) in [6.45, 7) is 1.90. The molecule has 0 saturated carbocycles. The minimum atomic E-state index is -1.30. The van der Waals surface area contributed by atoms with Crippen molar-refractivity contribution >= 4 is 47.6 Å². The molecule has 404 valence electrons. The van der Waals surface area contributed by atoms with Crippen LogP contribution < -0.4 is 10.6 Å². The van der Waals surface area contributed by atoms with Gasteiger partial charge >= 0.3 is 35.8 Å². The van der Waals surface area contributed by atoms with Crippen LogP contribution in [-0.2, 0) is 89.3 Å². The van der Waals surface area contributed by atoms with E-state index in [1.807, 2.05) is 60.7 Å². The molecule has 2 amide bonds. The number of ether oxygens (including phenoxy) is 6. The summed E-state index contributed by atoms with van der Waals surface area (Å²) in [5.74, 6) is -7.30. The minimum Gasteiger partial charge on any atom is -0.462 e. The second kappa shape index (κ2) is 31.9. The van der Waals surface area contributed by atoms with E-state index in [0.29, 0.717) is 37.8 Å². The van der Waals surface area contributed by atoms with Crippen LogP contribution in [0, 0.1) is 20.2 Å². The zero-order valence-electron chi connectivity index (χ0n) is 41.1. The Labute approximate surface area is 425 Å². The Morgan fingerprint density at radius 2 is 0.946 bits per heavy atom. The standard InChI is InChI=1S/C48H62N6O20/c1-33(49-37(19-17-35-11-5-3-6-12-35)45(59)69-29-25-67-27-31-71-53(63)64)43(57)51-23-9-15-39(51)47(61)73-41(55)21-22-42(56)74-48(62)40-16-10-24-52(40)44(58)34(2)50-38(20-18-36-13-7-4-8-14-36)46(60)70-30-26-68-28-32-72-54(65)66/h3-8,11-14,21-22,33-34,37-40,49-50H,9-10,15-20,23-32H2,1-2H3/b22-21-/t33-,34-,37-,38-,39-,40-/m0/s1. The average molecular weight is 1040 g/mol. The van der Waals surface area contributed by atoms with Gasteiger partial charge in [-0.1, -0.05) is 60.7 Å². The predicted molar refractivity (Wildman–Crippen MR) is 253 cm³/mol. The van der Waals surface area contributed by atoms with Crippen molar-refractivity contribution < 1.29 is 86.6 Å². The Morgan fingerprint density at radius 3 is 1.31 bits per heavy atom. The SMILES string of the molecule is C[C@H](N[C@@H](CCc1ccccc1)C(=O)OCCOCCO[N+](=O)[O-])C(=O)N1CCC[C@H]1C(=O)OC(=O)/C=C\C(=O)OC(=O)[C@@H]1CCCN1C(=O)[C@H](C)N[C@@H](CCc1ccccc1)C(=O)OCCOCCO[N+](=O)[O-]. The number of amides is 2. The summed E-state index contributed by atoms with van der Waals surface area (Å²) >= 11 is 0. The smallest absolute Gasteiger partial charge is 0.338 e. The molecule has 2 aliphatic rings. The molecule has 2 saturated heterocycles. The second-order valence-electron chi connectivity index (χ2n) is 16.8. The van der Waals surface area contributed by atoms with Gasteiger partial charge in [-0.25, -0.2) is 19.2 Å². The summed E-state index contributed by atoms with van der Waals surface area (Å²) in [6.07, 6.45) is 3.50. The molecule has 2 aromatic rings. The lowest BCUT2D eigenvalue weighted by molar-refractivity contribution is -0.758. The maximum Gasteiger partial charge on any atom is 0.338 e. The fraction of sp³-hybridized carbons (Fsp3) is 0.542. The van der Waals surface area contributed by atoms with Crippen LogP contribution in [0.2, 0.25) is 0 Å². The van der Waals surface area contributed by atoms with Crippen LogP contribution in [0.4, 0.5) is 0 Å². The summed E-state index contributed by atoms with van der Waals surface area (Å²) in [5.41, 5.74) is 1.83. The molecule has 4 rings (SSSR count). The zero-order chi connectivity index (χ0) is 53.8. The monoisotopic (exact) mass is 1040 g/mol. The highest BCUT2D eigenvalue weighted by Crippen LogP contribution is 2.22. The van der Waals surface area contributed by atoms with Crippen LogP contribution in [-0.4, -0.2) is 170 Å². The van der Waals surface area contributed by atoms with Gasteiger partial charge in [0, 0.05) is 25.2 Å². The molecule has 2 aromatic carbocycles. The normalized spacial score (nSPS) is 16.8. The first-order valence-corrected chi connectivity index (χ1v) is 24.0. The van der Waals surface area contributed by atoms with E-state index >= 15 is 0 Å². The molecule has 2 heterocycles. The summed E-state index contributed by atoms with van der Waals surface area (Å²) in [7, 11) is 0. The van der Waals surface area contributed by atoms with Crippen molar-refractivity contribution in [2.45, 2.75) is 101 Å². The summed E-state index contributed by atoms with van der Waals surface area (Å²) < 4.78 is 31.0. The molecule has 2 N–H and O–H groups in total. The molecule has 26 nitrogen and oxygen atoms in total. The van der Waals surface area contributed by atoms with Crippen LogP contribution in [0.1, 0.15) is 63.5 Å². The Morgan fingerprint density at radius 1 is 0.581 bits per heavy atom. The molecular weight excluding hydrogens is 981 g/mol. The number of aryl methyl sites for hydroxylation is 2. The van der Waals surface area contributed by atoms with Gasteiger partial charge in [-0.05, 0) is 76.3 Å². The fourth-order valence-electron chi connectivity index (χ4n) is 7.93. The maximum absolute atomic E-state index is 13.7. The second-order valence-corrected chi connectivity index (χ2v) is 16.8. The van der Waals surface area contributed by atoms with Crippen molar-refractivity contribution in [2.24, 2.45) is 0 Å². The van der Waals surface area contributed by atoms with Gasteiger partial charge in [-0.3, -0.25) is 29.8 Å². The third-order valence-electron chi connectivity index (χ3n) is 11.5. The number of carbonyl (C=O) groups excluding carboxylic acids is 8. The number of benzene rings is 2. The number of rotatable bonds is 32.